The van der Waals surface area contributed by atoms with Gasteiger partial charge in [0, 0.05) is 11.0 Å². The summed E-state index contributed by atoms with van der Waals surface area (Å²) >= 11 is 3.39. The van der Waals surface area contributed by atoms with Crippen LogP contribution in [0.3, 0.4) is 0 Å². The van der Waals surface area contributed by atoms with Crippen molar-refractivity contribution < 1.29 is 9.50 Å². The van der Waals surface area contributed by atoms with Gasteiger partial charge in [0.25, 0.3) is 0 Å². The molecule has 1 unspecified atom stereocenters. The minimum atomic E-state index is -0.527. The van der Waals surface area contributed by atoms with Crippen molar-refractivity contribution in [2.45, 2.75) is 12.5 Å². The molecule has 0 saturated heterocycles. The van der Waals surface area contributed by atoms with Gasteiger partial charge in [-0.05, 0) is 48.4 Å². The van der Waals surface area contributed by atoms with E-state index < -0.39 is 6.10 Å². The molecule has 0 aliphatic rings. The molecule has 0 amide bonds. The van der Waals surface area contributed by atoms with Crippen molar-refractivity contribution in [1.29, 1.82) is 0 Å². The van der Waals surface area contributed by atoms with Crippen LogP contribution in [0.4, 0.5) is 4.39 Å². The fourth-order valence-electron chi connectivity index (χ4n) is 1.95. The largest absolute Gasteiger partial charge is 0.387 e. The summed E-state index contributed by atoms with van der Waals surface area (Å²) in [6, 6.07) is 14.1. The van der Waals surface area contributed by atoms with Crippen molar-refractivity contribution >= 4 is 15.9 Å². The summed E-state index contributed by atoms with van der Waals surface area (Å²) in [5, 5.41) is 13.3. The number of benzene rings is 2. The minimum Gasteiger partial charge on any atom is -0.387 e. The Balaban J connectivity index is 1.74. The van der Waals surface area contributed by atoms with E-state index in [1.807, 2.05) is 24.3 Å². The predicted octanol–water partition coefficient (Wildman–Crippen LogP) is 3.45. The van der Waals surface area contributed by atoms with E-state index in [1.165, 1.54) is 12.1 Å². The smallest absolute Gasteiger partial charge is 0.123 e. The molecule has 106 valence electrons. The van der Waals surface area contributed by atoms with Crippen molar-refractivity contribution in [3.05, 3.63) is 69.9 Å². The Morgan fingerprint density at radius 3 is 2.60 bits per heavy atom. The Kier molecular flexibility index (Phi) is 5.71. The van der Waals surface area contributed by atoms with Crippen LogP contribution >= 0.6 is 15.9 Å². The monoisotopic (exact) mass is 337 g/mol. The molecule has 0 radical (unpaired) electrons. The molecule has 0 saturated carbocycles. The highest BCUT2D eigenvalue weighted by atomic mass is 79.9. The Morgan fingerprint density at radius 2 is 1.90 bits per heavy atom. The molecule has 0 aliphatic carbocycles. The van der Waals surface area contributed by atoms with Gasteiger partial charge in [-0.2, -0.15) is 0 Å². The van der Waals surface area contributed by atoms with Gasteiger partial charge >= 0.3 is 0 Å². The van der Waals surface area contributed by atoms with Gasteiger partial charge in [0.2, 0.25) is 0 Å². The molecule has 2 aromatic rings. The zero-order valence-corrected chi connectivity index (χ0v) is 12.6. The zero-order chi connectivity index (χ0) is 14.4. The molecule has 2 aromatic carbocycles. The Morgan fingerprint density at radius 1 is 1.15 bits per heavy atom. The van der Waals surface area contributed by atoms with Crippen molar-refractivity contribution in [3.63, 3.8) is 0 Å². The van der Waals surface area contributed by atoms with E-state index >= 15 is 0 Å². The summed E-state index contributed by atoms with van der Waals surface area (Å²) < 4.78 is 13.7. The molecule has 0 spiro atoms. The molecule has 0 bridgehead atoms. The molecule has 4 heteroatoms. The van der Waals surface area contributed by atoms with Crippen LogP contribution < -0.4 is 5.32 Å². The number of nitrogens with one attached hydrogen (secondary N) is 1. The lowest BCUT2D eigenvalue weighted by Crippen LogP contribution is -2.23. The second-order valence-electron chi connectivity index (χ2n) is 4.65. The van der Waals surface area contributed by atoms with Crippen LogP contribution in [0.15, 0.2) is 53.0 Å². The topological polar surface area (TPSA) is 32.3 Å². The number of hydrogen-bond acceptors (Lipinski definition) is 2. The molecule has 2 N–H and O–H groups in total. The Bertz CT molecular complexity index is 544. The number of hydrogen-bond donors (Lipinski definition) is 2. The number of halogens is 2. The first-order valence-electron chi connectivity index (χ1n) is 6.54. The fraction of sp³-hybridized carbons (Fsp3) is 0.250. The maximum Gasteiger partial charge on any atom is 0.123 e. The molecular weight excluding hydrogens is 321 g/mol. The molecule has 1 atom stereocenters. The van der Waals surface area contributed by atoms with Gasteiger partial charge in [0.05, 0.1) is 6.10 Å². The number of aliphatic hydroxyl groups excluding tert-OH is 1. The normalized spacial score (nSPS) is 12.3. The fourth-order valence-corrected chi connectivity index (χ4v) is 2.37. The van der Waals surface area contributed by atoms with Crippen LogP contribution in [0, 0.1) is 5.82 Å². The zero-order valence-electron chi connectivity index (χ0n) is 11.0. The molecule has 0 heterocycles. The SMILES string of the molecule is OC(CNCCc1ccc(F)cc1)c1cccc(Br)c1. The molecule has 20 heavy (non-hydrogen) atoms. The molecule has 0 aliphatic heterocycles. The lowest BCUT2D eigenvalue weighted by atomic mass is 10.1. The van der Waals surface area contributed by atoms with Gasteiger partial charge in [-0.3, -0.25) is 0 Å². The van der Waals surface area contributed by atoms with E-state index in [4.69, 9.17) is 0 Å². The first-order chi connectivity index (χ1) is 9.65. The van der Waals surface area contributed by atoms with Crippen LogP contribution in [0.1, 0.15) is 17.2 Å². The van der Waals surface area contributed by atoms with Gasteiger partial charge in [0.1, 0.15) is 5.82 Å². The Hall–Kier alpha value is -1.23. The summed E-state index contributed by atoms with van der Waals surface area (Å²) in [7, 11) is 0. The molecule has 2 rings (SSSR count). The van der Waals surface area contributed by atoms with E-state index in [-0.39, 0.29) is 5.82 Å². The average Bonchev–Trinajstić information content (AvgIpc) is 2.45. The molecular formula is C16H17BrFNO. The molecule has 0 fully saturated rings. The number of aliphatic hydroxyl groups is 1. The minimum absolute atomic E-state index is 0.216. The van der Waals surface area contributed by atoms with Gasteiger partial charge in [-0.15, -0.1) is 0 Å². The van der Waals surface area contributed by atoms with Crippen molar-refractivity contribution in [2.24, 2.45) is 0 Å². The first kappa shape index (κ1) is 15.2. The van der Waals surface area contributed by atoms with Crippen LogP contribution in [0.25, 0.3) is 0 Å². The van der Waals surface area contributed by atoms with Gasteiger partial charge in [0.15, 0.2) is 0 Å². The third-order valence-electron chi connectivity index (χ3n) is 3.07. The lowest BCUT2D eigenvalue weighted by Gasteiger charge is -2.12. The summed E-state index contributed by atoms with van der Waals surface area (Å²) in [4.78, 5) is 0. The van der Waals surface area contributed by atoms with E-state index in [9.17, 15) is 9.50 Å². The summed E-state index contributed by atoms with van der Waals surface area (Å²) in [6.45, 7) is 1.24. The summed E-state index contributed by atoms with van der Waals surface area (Å²) in [6.07, 6.45) is 0.284. The van der Waals surface area contributed by atoms with Crippen molar-refractivity contribution in [2.75, 3.05) is 13.1 Å². The van der Waals surface area contributed by atoms with E-state index in [2.05, 4.69) is 21.2 Å². The van der Waals surface area contributed by atoms with Crippen LogP contribution in [0.5, 0.6) is 0 Å². The number of rotatable bonds is 6. The average molecular weight is 338 g/mol. The standard InChI is InChI=1S/C16H17BrFNO/c17-14-3-1-2-13(10-14)16(20)11-19-9-8-12-4-6-15(18)7-5-12/h1-7,10,16,19-20H,8-9,11H2. The Labute approximate surface area is 126 Å². The van der Waals surface area contributed by atoms with Crippen LogP contribution in [-0.2, 0) is 6.42 Å². The van der Waals surface area contributed by atoms with Gasteiger partial charge in [-0.25, -0.2) is 4.39 Å². The second-order valence-corrected chi connectivity index (χ2v) is 5.57. The highest BCUT2D eigenvalue weighted by Gasteiger charge is 2.06. The van der Waals surface area contributed by atoms with Gasteiger partial charge < -0.3 is 10.4 Å². The van der Waals surface area contributed by atoms with Crippen molar-refractivity contribution in [1.82, 2.24) is 5.32 Å². The summed E-state index contributed by atoms with van der Waals surface area (Å²) in [5.74, 6) is -0.216. The highest BCUT2D eigenvalue weighted by Crippen LogP contribution is 2.17. The summed E-state index contributed by atoms with van der Waals surface area (Å²) in [5.41, 5.74) is 1.96. The first-order valence-corrected chi connectivity index (χ1v) is 7.33. The molecule has 2 nitrogen and oxygen atoms in total. The maximum atomic E-state index is 12.7. The van der Waals surface area contributed by atoms with Crippen LogP contribution in [-0.4, -0.2) is 18.2 Å². The molecule has 0 aromatic heterocycles. The predicted molar refractivity (Wildman–Crippen MR) is 82.1 cm³/mol. The third-order valence-corrected chi connectivity index (χ3v) is 3.57. The van der Waals surface area contributed by atoms with Gasteiger partial charge in [-0.1, -0.05) is 40.2 Å². The van der Waals surface area contributed by atoms with E-state index in [0.29, 0.717) is 6.54 Å². The third kappa shape index (κ3) is 4.71. The van der Waals surface area contributed by atoms with Crippen LogP contribution in [0.2, 0.25) is 0 Å². The van der Waals surface area contributed by atoms with E-state index in [1.54, 1.807) is 12.1 Å². The lowest BCUT2D eigenvalue weighted by molar-refractivity contribution is 0.175. The van der Waals surface area contributed by atoms with E-state index in [0.717, 1.165) is 28.6 Å². The highest BCUT2D eigenvalue weighted by molar-refractivity contribution is 9.10. The van der Waals surface area contributed by atoms with Crippen molar-refractivity contribution in [3.8, 4) is 0 Å². The maximum absolute atomic E-state index is 12.7. The second kappa shape index (κ2) is 7.53. The quantitative estimate of drug-likeness (QED) is 0.791.